The molecular weight excluding hydrogens is 278 g/mol. The molecule has 0 unspecified atom stereocenters. The minimum Gasteiger partial charge on any atom is -0.480 e. The van der Waals surface area contributed by atoms with Crippen molar-refractivity contribution < 1.29 is 18.3 Å². The average molecular weight is 297 g/mol. The highest BCUT2D eigenvalue weighted by Gasteiger charge is 2.42. The molecule has 0 amide bonds. The van der Waals surface area contributed by atoms with Crippen LogP contribution in [-0.4, -0.2) is 25.0 Å². The molecule has 0 saturated heterocycles. The van der Waals surface area contributed by atoms with E-state index < -0.39 is 21.5 Å². The van der Waals surface area contributed by atoms with Crippen molar-refractivity contribution in [3.8, 4) is 0 Å². The van der Waals surface area contributed by atoms with Crippen LogP contribution in [-0.2, 0) is 20.6 Å². The highest BCUT2D eigenvalue weighted by Crippen LogP contribution is 2.29. The summed E-state index contributed by atoms with van der Waals surface area (Å²) >= 11 is 0. The summed E-state index contributed by atoms with van der Waals surface area (Å²) in [5.74, 6) is -1.27. The fourth-order valence-corrected chi connectivity index (χ4v) is 4.23. The third kappa shape index (κ3) is 3.58. The van der Waals surface area contributed by atoms with Gasteiger partial charge < -0.3 is 5.11 Å². The van der Waals surface area contributed by atoms with Crippen LogP contribution in [0, 0.1) is 0 Å². The van der Waals surface area contributed by atoms with E-state index in [0.29, 0.717) is 18.4 Å². The lowest BCUT2D eigenvalue weighted by Gasteiger charge is -2.33. The molecular formula is C14H19NO4S. The summed E-state index contributed by atoms with van der Waals surface area (Å²) in [6.45, 7) is 0. The number of nitrogens with one attached hydrogen (secondary N) is 1. The Bertz CT molecular complexity index is 562. The van der Waals surface area contributed by atoms with Gasteiger partial charge in [-0.05, 0) is 18.4 Å². The van der Waals surface area contributed by atoms with Crippen molar-refractivity contribution in [3.05, 3.63) is 35.9 Å². The van der Waals surface area contributed by atoms with E-state index in [-0.39, 0.29) is 5.75 Å². The zero-order valence-corrected chi connectivity index (χ0v) is 12.0. The normalized spacial score (nSPS) is 18.6. The third-order valence-corrected chi connectivity index (χ3v) is 5.08. The smallest absolute Gasteiger partial charge is 0.324 e. The van der Waals surface area contributed by atoms with Crippen molar-refractivity contribution in [3.63, 3.8) is 0 Å². The van der Waals surface area contributed by atoms with Gasteiger partial charge in [-0.3, -0.25) is 4.79 Å². The summed E-state index contributed by atoms with van der Waals surface area (Å²) in [5.41, 5.74) is -0.678. The molecule has 2 N–H and O–H groups in total. The maximum absolute atomic E-state index is 12.2. The van der Waals surface area contributed by atoms with Crippen LogP contribution in [0.15, 0.2) is 30.3 Å². The molecule has 1 aromatic carbocycles. The van der Waals surface area contributed by atoms with Gasteiger partial charge in [0.2, 0.25) is 10.0 Å². The molecule has 110 valence electrons. The van der Waals surface area contributed by atoms with E-state index >= 15 is 0 Å². The summed E-state index contributed by atoms with van der Waals surface area (Å²) < 4.78 is 26.8. The van der Waals surface area contributed by atoms with Crippen LogP contribution in [0.25, 0.3) is 0 Å². The predicted octanol–water partition coefficient (Wildman–Crippen LogP) is 1.89. The Hall–Kier alpha value is -1.40. The van der Waals surface area contributed by atoms with E-state index in [9.17, 15) is 18.3 Å². The molecule has 20 heavy (non-hydrogen) atoms. The third-order valence-electron chi connectivity index (χ3n) is 3.67. The summed E-state index contributed by atoms with van der Waals surface area (Å²) in [7, 11) is -3.67. The van der Waals surface area contributed by atoms with Gasteiger partial charge in [-0.2, -0.15) is 4.72 Å². The fourth-order valence-electron chi connectivity index (χ4n) is 2.64. The minimum absolute atomic E-state index is 0.192. The molecule has 0 aromatic heterocycles. The van der Waals surface area contributed by atoms with Gasteiger partial charge in [0, 0.05) is 0 Å². The Morgan fingerprint density at radius 3 is 2.30 bits per heavy atom. The van der Waals surface area contributed by atoms with Crippen LogP contribution in [0.4, 0.5) is 0 Å². The van der Waals surface area contributed by atoms with Crippen LogP contribution in [0.5, 0.6) is 0 Å². The SMILES string of the molecule is O=C(O)C1(NS(=O)(=O)Cc2ccccc2)CCCCC1. The highest BCUT2D eigenvalue weighted by molar-refractivity contribution is 7.88. The molecule has 2 rings (SSSR count). The molecule has 0 radical (unpaired) electrons. The Morgan fingerprint density at radius 1 is 1.15 bits per heavy atom. The molecule has 5 nitrogen and oxygen atoms in total. The van der Waals surface area contributed by atoms with Crippen LogP contribution in [0.3, 0.4) is 0 Å². The van der Waals surface area contributed by atoms with E-state index in [1.165, 1.54) is 0 Å². The van der Waals surface area contributed by atoms with E-state index in [0.717, 1.165) is 19.3 Å². The van der Waals surface area contributed by atoms with Gasteiger partial charge in [0.1, 0.15) is 5.54 Å². The van der Waals surface area contributed by atoms with E-state index in [1.807, 2.05) is 6.07 Å². The zero-order chi connectivity index (χ0) is 14.6. The maximum atomic E-state index is 12.2. The predicted molar refractivity (Wildman–Crippen MR) is 75.7 cm³/mol. The second kappa shape index (κ2) is 5.93. The molecule has 0 atom stereocenters. The van der Waals surface area contributed by atoms with E-state index in [4.69, 9.17) is 0 Å². The number of carbonyl (C=O) groups is 1. The molecule has 0 aliphatic heterocycles. The molecule has 1 fully saturated rings. The average Bonchev–Trinajstić information content (AvgIpc) is 2.39. The highest BCUT2D eigenvalue weighted by atomic mass is 32.2. The first-order valence-electron chi connectivity index (χ1n) is 6.73. The lowest BCUT2D eigenvalue weighted by Crippen LogP contribution is -2.55. The molecule has 0 bridgehead atoms. The lowest BCUT2D eigenvalue weighted by atomic mass is 9.83. The quantitative estimate of drug-likeness (QED) is 0.869. The van der Waals surface area contributed by atoms with E-state index in [2.05, 4.69) is 4.72 Å². The monoisotopic (exact) mass is 297 g/mol. The van der Waals surface area contributed by atoms with Gasteiger partial charge in [0.05, 0.1) is 5.75 Å². The molecule has 0 heterocycles. The number of hydrogen-bond acceptors (Lipinski definition) is 3. The standard InChI is InChI=1S/C14H19NO4S/c16-13(17)14(9-5-2-6-10-14)15-20(18,19)11-12-7-3-1-4-8-12/h1,3-4,7-8,15H,2,5-6,9-11H2,(H,16,17). The van der Waals surface area contributed by atoms with Gasteiger partial charge in [-0.25, -0.2) is 8.42 Å². The summed E-state index contributed by atoms with van der Waals surface area (Å²) in [4.78, 5) is 11.5. The number of carboxylic acids is 1. The second-order valence-electron chi connectivity index (χ2n) is 5.29. The lowest BCUT2D eigenvalue weighted by molar-refractivity contribution is -0.145. The van der Waals surface area contributed by atoms with Crippen molar-refractivity contribution in [2.45, 2.75) is 43.4 Å². The first-order chi connectivity index (χ1) is 9.44. The Morgan fingerprint density at radius 2 is 1.75 bits per heavy atom. The molecule has 1 aromatic rings. The number of hydrogen-bond donors (Lipinski definition) is 2. The van der Waals surface area contributed by atoms with Gasteiger partial charge in [-0.15, -0.1) is 0 Å². The van der Waals surface area contributed by atoms with Crippen molar-refractivity contribution >= 4 is 16.0 Å². The van der Waals surface area contributed by atoms with Crippen LogP contribution < -0.4 is 4.72 Å². The second-order valence-corrected chi connectivity index (χ2v) is 7.02. The van der Waals surface area contributed by atoms with Crippen LogP contribution >= 0.6 is 0 Å². The molecule has 1 aliphatic carbocycles. The Kier molecular flexibility index (Phi) is 4.45. The fraction of sp³-hybridized carbons (Fsp3) is 0.500. The number of carboxylic acid groups (broad SMARTS) is 1. The van der Waals surface area contributed by atoms with Crippen molar-refractivity contribution in [1.29, 1.82) is 0 Å². The van der Waals surface area contributed by atoms with Crippen molar-refractivity contribution in [2.24, 2.45) is 0 Å². The Labute approximate surface area is 119 Å². The first-order valence-corrected chi connectivity index (χ1v) is 8.38. The van der Waals surface area contributed by atoms with Crippen molar-refractivity contribution in [2.75, 3.05) is 0 Å². The minimum atomic E-state index is -3.67. The number of rotatable bonds is 5. The summed E-state index contributed by atoms with van der Waals surface area (Å²) in [6, 6.07) is 8.77. The summed E-state index contributed by atoms with van der Waals surface area (Å²) in [6.07, 6.45) is 3.14. The molecule has 6 heteroatoms. The molecule has 1 aliphatic rings. The van der Waals surface area contributed by atoms with Gasteiger partial charge in [-0.1, -0.05) is 49.6 Å². The Balaban J connectivity index is 2.15. The largest absolute Gasteiger partial charge is 0.480 e. The van der Waals surface area contributed by atoms with Crippen LogP contribution in [0.2, 0.25) is 0 Å². The number of aliphatic carboxylic acids is 1. The molecule has 0 spiro atoms. The van der Waals surface area contributed by atoms with Gasteiger partial charge in [0.15, 0.2) is 0 Å². The van der Waals surface area contributed by atoms with Gasteiger partial charge >= 0.3 is 5.97 Å². The van der Waals surface area contributed by atoms with E-state index in [1.54, 1.807) is 24.3 Å². The number of benzene rings is 1. The first kappa shape index (κ1) is 15.0. The van der Waals surface area contributed by atoms with Crippen LogP contribution in [0.1, 0.15) is 37.7 Å². The summed E-state index contributed by atoms with van der Waals surface area (Å²) in [5, 5.41) is 9.39. The number of sulfonamides is 1. The van der Waals surface area contributed by atoms with Gasteiger partial charge in [0.25, 0.3) is 0 Å². The zero-order valence-electron chi connectivity index (χ0n) is 11.2. The topological polar surface area (TPSA) is 83.5 Å². The van der Waals surface area contributed by atoms with Crippen molar-refractivity contribution in [1.82, 2.24) is 4.72 Å². The maximum Gasteiger partial charge on any atom is 0.324 e. The molecule has 1 saturated carbocycles.